The lowest BCUT2D eigenvalue weighted by molar-refractivity contribution is 0.103. The molecule has 1 amide bonds. The molecule has 0 spiro atoms. The number of aryl methyl sites for hydroxylation is 2. The first kappa shape index (κ1) is 15.6. The molecule has 124 valence electrons. The molecular weight excluding hydrogens is 330 g/mol. The van der Waals surface area contributed by atoms with Crippen LogP contribution in [0.25, 0.3) is 16.9 Å². The van der Waals surface area contributed by atoms with Gasteiger partial charge in [-0.15, -0.1) is 11.3 Å². The van der Waals surface area contributed by atoms with E-state index in [1.165, 1.54) is 16.9 Å². The van der Waals surface area contributed by atoms with Crippen molar-refractivity contribution in [2.24, 2.45) is 0 Å². The predicted molar refractivity (Wildman–Crippen MR) is 102 cm³/mol. The predicted octanol–water partition coefficient (Wildman–Crippen LogP) is 4.93. The number of carbonyl (C=O) groups excluding carboxylic acids is 1. The Morgan fingerprint density at radius 2 is 2.00 bits per heavy atom. The Bertz CT molecular complexity index is 1080. The number of fused-ring (bicyclic) bond motifs is 1. The van der Waals surface area contributed by atoms with Gasteiger partial charge in [-0.3, -0.25) is 4.79 Å². The summed E-state index contributed by atoms with van der Waals surface area (Å²) in [6.07, 6.45) is 4.00. The number of hydrogen-bond acceptors (Lipinski definition) is 3. The summed E-state index contributed by atoms with van der Waals surface area (Å²) in [5, 5.41) is 4.94. The molecule has 5 heteroatoms. The number of imidazole rings is 1. The van der Waals surface area contributed by atoms with E-state index in [9.17, 15) is 4.79 Å². The Kier molecular flexibility index (Phi) is 3.86. The molecule has 0 radical (unpaired) electrons. The van der Waals surface area contributed by atoms with Gasteiger partial charge in [-0.05, 0) is 60.7 Å². The lowest BCUT2D eigenvalue weighted by atomic mass is 10.1. The van der Waals surface area contributed by atoms with Gasteiger partial charge in [-0.25, -0.2) is 4.98 Å². The summed E-state index contributed by atoms with van der Waals surface area (Å²) in [6.45, 7) is 4.04. The SMILES string of the molecule is Cc1csc(C(=O)Nc2cccc(-c3cn4ccc(C)cc4n3)c2)c1. The number of aromatic nitrogens is 2. The Morgan fingerprint density at radius 1 is 1.12 bits per heavy atom. The van der Waals surface area contributed by atoms with Crippen molar-refractivity contribution in [3.8, 4) is 11.3 Å². The van der Waals surface area contributed by atoms with Gasteiger partial charge in [-0.1, -0.05) is 12.1 Å². The fourth-order valence-electron chi connectivity index (χ4n) is 2.72. The zero-order chi connectivity index (χ0) is 17.4. The van der Waals surface area contributed by atoms with Crippen molar-refractivity contribution in [3.63, 3.8) is 0 Å². The third-order valence-electron chi connectivity index (χ3n) is 3.99. The highest BCUT2D eigenvalue weighted by atomic mass is 32.1. The van der Waals surface area contributed by atoms with E-state index in [0.717, 1.165) is 28.2 Å². The molecule has 1 N–H and O–H groups in total. The summed E-state index contributed by atoms with van der Waals surface area (Å²) in [5.74, 6) is -0.0825. The number of thiophene rings is 1. The van der Waals surface area contributed by atoms with Crippen LogP contribution in [0.4, 0.5) is 5.69 Å². The summed E-state index contributed by atoms with van der Waals surface area (Å²) >= 11 is 1.45. The van der Waals surface area contributed by atoms with E-state index < -0.39 is 0 Å². The maximum absolute atomic E-state index is 12.3. The average molecular weight is 347 g/mol. The van der Waals surface area contributed by atoms with Crippen molar-refractivity contribution >= 4 is 28.6 Å². The number of nitrogens with one attached hydrogen (secondary N) is 1. The van der Waals surface area contributed by atoms with Gasteiger partial charge < -0.3 is 9.72 Å². The van der Waals surface area contributed by atoms with Crippen LogP contribution in [0.2, 0.25) is 0 Å². The van der Waals surface area contributed by atoms with Gasteiger partial charge in [0.1, 0.15) is 5.65 Å². The van der Waals surface area contributed by atoms with Crippen LogP contribution in [0.1, 0.15) is 20.8 Å². The molecule has 3 aromatic heterocycles. The first-order valence-electron chi connectivity index (χ1n) is 8.01. The van der Waals surface area contributed by atoms with Crippen LogP contribution in [-0.2, 0) is 0 Å². The van der Waals surface area contributed by atoms with Crippen LogP contribution in [0, 0.1) is 13.8 Å². The number of nitrogens with zero attached hydrogens (tertiary/aromatic N) is 2. The van der Waals surface area contributed by atoms with Crippen LogP contribution in [0.5, 0.6) is 0 Å². The summed E-state index contributed by atoms with van der Waals surface area (Å²) in [4.78, 5) is 17.7. The second-order valence-corrected chi connectivity index (χ2v) is 7.03. The van der Waals surface area contributed by atoms with E-state index in [-0.39, 0.29) is 5.91 Å². The molecule has 0 bridgehead atoms. The van der Waals surface area contributed by atoms with Crippen LogP contribution in [-0.4, -0.2) is 15.3 Å². The number of hydrogen-bond donors (Lipinski definition) is 1. The van der Waals surface area contributed by atoms with Crippen molar-refractivity contribution in [2.75, 3.05) is 5.32 Å². The zero-order valence-corrected chi connectivity index (χ0v) is 14.8. The number of anilines is 1. The van der Waals surface area contributed by atoms with E-state index in [2.05, 4.69) is 23.3 Å². The van der Waals surface area contributed by atoms with E-state index in [4.69, 9.17) is 0 Å². The van der Waals surface area contributed by atoms with E-state index >= 15 is 0 Å². The maximum Gasteiger partial charge on any atom is 0.265 e. The fourth-order valence-corrected chi connectivity index (χ4v) is 3.51. The number of pyridine rings is 1. The first-order valence-corrected chi connectivity index (χ1v) is 8.89. The lowest BCUT2D eigenvalue weighted by Gasteiger charge is -2.05. The normalized spacial score (nSPS) is 11.0. The van der Waals surface area contributed by atoms with Gasteiger partial charge in [0.05, 0.1) is 10.6 Å². The molecule has 0 saturated heterocycles. The highest BCUT2D eigenvalue weighted by Gasteiger charge is 2.10. The molecule has 0 aliphatic heterocycles. The van der Waals surface area contributed by atoms with E-state index in [1.807, 2.05) is 65.5 Å². The standard InChI is InChI=1S/C20H17N3OS/c1-13-6-7-23-11-17(22-19(23)9-13)15-4-3-5-16(10-15)21-20(24)18-8-14(2)12-25-18/h3-12H,1-2H3,(H,21,24). The second kappa shape index (κ2) is 6.18. The van der Waals surface area contributed by atoms with Gasteiger partial charge in [0.25, 0.3) is 5.91 Å². The Balaban J connectivity index is 1.63. The Morgan fingerprint density at radius 3 is 2.80 bits per heavy atom. The van der Waals surface area contributed by atoms with Gasteiger partial charge in [-0.2, -0.15) is 0 Å². The van der Waals surface area contributed by atoms with Crippen molar-refractivity contribution in [1.29, 1.82) is 0 Å². The number of benzene rings is 1. The molecule has 0 atom stereocenters. The van der Waals surface area contributed by atoms with Gasteiger partial charge in [0.15, 0.2) is 0 Å². The monoisotopic (exact) mass is 347 g/mol. The van der Waals surface area contributed by atoms with Crippen molar-refractivity contribution in [2.45, 2.75) is 13.8 Å². The summed E-state index contributed by atoms with van der Waals surface area (Å²) in [6, 6.07) is 13.8. The first-order chi connectivity index (χ1) is 12.1. The lowest BCUT2D eigenvalue weighted by Crippen LogP contribution is -2.10. The molecule has 3 heterocycles. The highest BCUT2D eigenvalue weighted by molar-refractivity contribution is 7.12. The molecule has 4 nitrogen and oxygen atoms in total. The molecular formula is C20H17N3OS. The quantitative estimate of drug-likeness (QED) is 0.571. The molecule has 25 heavy (non-hydrogen) atoms. The summed E-state index contributed by atoms with van der Waals surface area (Å²) in [5.41, 5.74) is 5.82. The smallest absolute Gasteiger partial charge is 0.265 e. The van der Waals surface area contributed by atoms with E-state index in [0.29, 0.717) is 4.88 Å². The maximum atomic E-state index is 12.3. The average Bonchev–Trinajstić information content (AvgIpc) is 3.21. The molecule has 4 aromatic rings. The third-order valence-corrected chi connectivity index (χ3v) is 5.03. The number of amides is 1. The molecule has 0 aliphatic rings. The molecule has 0 saturated carbocycles. The fraction of sp³-hybridized carbons (Fsp3) is 0.100. The second-order valence-electron chi connectivity index (χ2n) is 6.12. The highest BCUT2D eigenvalue weighted by Crippen LogP contribution is 2.24. The minimum Gasteiger partial charge on any atom is -0.321 e. The van der Waals surface area contributed by atoms with Crippen LogP contribution in [0.3, 0.4) is 0 Å². The van der Waals surface area contributed by atoms with Crippen molar-refractivity contribution in [3.05, 3.63) is 76.2 Å². The van der Waals surface area contributed by atoms with Gasteiger partial charge >= 0.3 is 0 Å². The van der Waals surface area contributed by atoms with Crippen LogP contribution < -0.4 is 5.32 Å². The largest absolute Gasteiger partial charge is 0.321 e. The molecule has 0 unspecified atom stereocenters. The van der Waals surface area contributed by atoms with Crippen LogP contribution >= 0.6 is 11.3 Å². The molecule has 4 rings (SSSR count). The van der Waals surface area contributed by atoms with Crippen molar-refractivity contribution in [1.82, 2.24) is 9.38 Å². The van der Waals surface area contributed by atoms with Gasteiger partial charge in [0.2, 0.25) is 0 Å². The summed E-state index contributed by atoms with van der Waals surface area (Å²) < 4.78 is 2.00. The molecule has 0 aliphatic carbocycles. The molecule has 0 fully saturated rings. The van der Waals surface area contributed by atoms with Crippen molar-refractivity contribution < 1.29 is 4.79 Å². The third kappa shape index (κ3) is 3.19. The van der Waals surface area contributed by atoms with Gasteiger partial charge in [0, 0.05) is 23.6 Å². The number of rotatable bonds is 3. The molecule has 1 aromatic carbocycles. The van der Waals surface area contributed by atoms with E-state index in [1.54, 1.807) is 0 Å². The summed E-state index contributed by atoms with van der Waals surface area (Å²) in [7, 11) is 0. The minimum atomic E-state index is -0.0825. The zero-order valence-electron chi connectivity index (χ0n) is 14.0. The minimum absolute atomic E-state index is 0.0825. The topological polar surface area (TPSA) is 46.4 Å². The Hall–Kier alpha value is -2.92. The number of carbonyl (C=O) groups is 1. The Labute approximate surface area is 149 Å². The van der Waals surface area contributed by atoms with Crippen LogP contribution in [0.15, 0.2) is 60.2 Å².